The summed E-state index contributed by atoms with van der Waals surface area (Å²) in [6.45, 7) is 14.7. The number of rotatable bonds is 5. The highest BCUT2D eigenvalue weighted by Gasteiger charge is 2.21. The number of aromatic nitrogens is 4. The number of hydrogen-bond acceptors (Lipinski definition) is 4. The Hall–Kier alpha value is -5.77. The molecule has 0 amide bonds. The Morgan fingerprint density at radius 2 is 0.814 bits per heavy atom. The van der Waals surface area contributed by atoms with E-state index in [1.165, 1.54) is 48.7 Å². The second kappa shape index (κ2) is 15.4. The molecule has 7 heteroatoms. The molecule has 0 aliphatic carbocycles. The molecule has 2 aliphatic rings. The minimum atomic E-state index is 0.0565. The van der Waals surface area contributed by atoms with E-state index in [1.807, 2.05) is 12.1 Å². The molecule has 4 aromatic carbocycles. The van der Waals surface area contributed by atoms with E-state index in [1.54, 1.807) is 6.92 Å². The molecule has 5 heterocycles. The molecular weight excluding hydrogens is 856 g/mol. The van der Waals surface area contributed by atoms with Crippen molar-refractivity contribution in [3.8, 4) is 44.5 Å². The fourth-order valence-corrected chi connectivity index (χ4v) is 9.92. The topological polar surface area (TPSA) is 74.4 Å². The van der Waals surface area contributed by atoms with Crippen LogP contribution in [0.4, 0.5) is 0 Å². The Labute approximate surface area is 362 Å². The van der Waals surface area contributed by atoms with Gasteiger partial charge >= 0.3 is 0 Å². The van der Waals surface area contributed by atoms with Gasteiger partial charge in [0.15, 0.2) is 5.12 Å². The highest BCUT2D eigenvalue weighted by Crippen LogP contribution is 2.41. The molecule has 0 unspecified atom stereocenters. The third-order valence-corrected chi connectivity index (χ3v) is 12.7. The lowest BCUT2D eigenvalue weighted by Crippen LogP contribution is -1.95. The zero-order chi connectivity index (χ0) is 41.1. The monoisotopic (exact) mass is 898 g/mol. The van der Waals surface area contributed by atoms with Crippen molar-refractivity contribution < 1.29 is 4.79 Å². The molecule has 7 aromatic rings. The first kappa shape index (κ1) is 38.7. The summed E-state index contributed by atoms with van der Waals surface area (Å²) < 4.78 is 1.17. The van der Waals surface area contributed by atoms with E-state index < -0.39 is 0 Å². The molecule has 0 saturated heterocycles. The van der Waals surface area contributed by atoms with E-state index in [4.69, 9.17) is 9.97 Å². The van der Waals surface area contributed by atoms with Crippen LogP contribution in [0.15, 0.2) is 102 Å². The zero-order valence-electron chi connectivity index (χ0n) is 34.1. The van der Waals surface area contributed by atoms with Crippen molar-refractivity contribution >= 4 is 85.8 Å². The Morgan fingerprint density at radius 1 is 0.475 bits per heavy atom. The Balaban J connectivity index is 1.48. The fraction of sp³-hybridized carbons (Fsp3) is 0.135. The van der Waals surface area contributed by atoms with Crippen LogP contribution in [0, 0.1) is 45.1 Å². The van der Waals surface area contributed by atoms with Crippen LogP contribution in [0.3, 0.4) is 0 Å². The molecule has 8 bridgehead atoms. The van der Waals surface area contributed by atoms with Gasteiger partial charge in [-0.25, -0.2) is 9.97 Å². The largest absolute Gasteiger partial charge is 0.354 e. The van der Waals surface area contributed by atoms with Crippen LogP contribution in [-0.4, -0.2) is 25.1 Å². The number of carbonyl (C=O) groups excluding carboxylic acids is 1. The first-order chi connectivity index (χ1) is 28.4. The SMILES string of the molecule is CC(=O)Sc1ccc(-c2c3nc(c(-c4c(C)cc(C)cc4C)c4ccc([nH]4)c(-c4ccc(I)cc4)c4nc(c(-c5c(C)cc(C)cc5C)c5ccc2[nH]5)C=C4)C=C3)cc1. The maximum Gasteiger partial charge on any atom is 0.190 e. The van der Waals surface area contributed by atoms with Crippen molar-refractivity contribution in [2.75, 3.05) is 0 Å². The van der Waals surface area contributed by atoms with E-state index in [2.05, 4.69) is 183 Å². The molecule has 0 spiro atoms. The maximum atomic E-state index is 12.0. The van der Waals surface area contributed by atoms with Crippen LogP contribution in [-0.2, 0) is 4.79 Å². The fourth-order valence-electron chi connectivity index (χ4n) is 8.96. The second-order valence-corrected chi connectivity index (χ2v) is 18.2. The zero-order valence-corrected chi connectivity index (χ0v) is 37.1. The maximum absolute atomic E-state index is 12.0. The van der Waals surface area contributed by atoms with Crippen LogP contribution >= 0.6 is 34.4 Å². The Bertz CT molecular complexity index is 3010. The van der Waals surface area contributed by atoms with Gasteiger partial charge in [-0.3, -0.25) is 4.79 Å². The summed E-state index contributed by atoms with van der Waals surface area (Å²) >= 11 is 3.61. The van der Waals surface area contributed by atoms with Crippen LogP contribution < -0.4 is 0 Å². The van der Waals surface area contributed by atoms with Crippen molar-refractivity contribution in [2.45, 2.75) is 53.4 Å². The van der Waals surface area contributed by atoms with Gasteiger partial charge in [-0.05, 0) is 181 Å². The number of H-pyrrole nitrogens is 2. The molecule has 2 N–H and O–H groups in total. The number of nitrogens with zero attached hydrogens (tertiary/aromatic N) is 2. The summed E-state index contributed by atoms with van der Waals surface area (Å²) in [4.78, 5) is 31.7. The normalized spacial score (nSPS) is 12.1. The smallest absolute Gasteiger partial charge is 0.190 e. The number of aryl methyl sites for hydroxylation is 6. The van der Waals surface area contributed by atoms with Crippen LogP contribution in [0.5, 0.6) is 0 Å². The molecule has 0 radical (unpaired) electrons. The summed E-state index contributed by atoms with van der Waals surface area (Å²) in [6.07, 6.45) is 8.61. The van der Waals surface area contributed by atoms with E-state index in [0.717, 1.165) is 94.2 Å². The molecule has 9 rings (SSSR count). The molecule has 290 valence electrons. The molecule has 5 nitrogen and oxygen atoms in total. The molecule has 59 heavy (non-hydrogen) atoms. The first-order valence-corrected chi connectivity index (χ1v) is 21.7. The van der Waals surface area contributed by atoms with Gasteiger partial charge in [0.2, 0.25) is 0 Å². The molecular formula is C52H43IN4OS. The van der Waals surface area contributed by atoms with Gasteiger partial charge in [-0.1, -0.05) is 71.4 Å². The lowest BCUT2D eigenvalue weighted by atomic mass is 9.92. The molecule has 0 atom stereocenters. The van der Waals surface area contributed by atoms with Gasteiger partial charge in [-0.2, -0.15) is 0 Å². The van der Waals surface area contributed by atoms with Crippen molar-refractivity contribution in [2.24, 2.45) is 0 Å². The predicted octanol–water partition coefficient (Wildman–Crippen LogP) is 14.4. The van der Waals surface area contributed by atoms with E-state index in [9.17, 15) is 4.79 Å². The number of nitrogens with one attached hydrogen (secondary N) is 2. The number of aromatic amines is 2. The number of carbonyl (C=O) groups is 1. The van der Waals surface area contributed by atoms with Gasteiger partial charge in [0, 0.05) is 59.7 Å². The minimum absolute atomic E-state index is 0.0565. The van der Waals surface area contributed by atoms with Crippen LogP contribution in [0.25, 0.3) is 90.9 Å². The predicted molar refractivity (Wildman–Crippen MR) is 258 cm³/mol. The highest BCUT2D eigenvalue weighted by atomic mass is 127. The number of benzene rings is 4. The summed E-state index contributed by atoms with van der Waals surface area (Å²) in [6, 6.07) is 34.6. The van der Waals surface area contributed by atoms with Gasteiger partial charge in [0.05, 0.1) is 22.8 Å². The Kier molecular flexibility index (Phi) is 10.1. The van der Waals surface area contributed by atoms with Crippen molar-refractivity contribution in [3.63, 3.8) is 0 Å². The van der Waals surface area contributed by atoms with Gasteiger partial charge in [0.25, 0.3) is 0 Å². The van der Waals surface area contributed by atoms with Gasteiger partial charge in [-0.15, -0.1) is 0 Å². The van der Waals surface area contributed by atoms with Crippen molar-refractivity contribution in [1.29, 1.82) is 0 Å². The van der Waals surface area contributed by atoms with Crippen LogP contribution in [0.1, 0.15) is 63.1 Å². The second-order valence-electron chi connectivity index (χ2n) is 15.7. The number of halogens is 1. The lowest BCUT2D eigenvalue weighted by Gasteiger charge is -2.13. The molecule has 0 saturated carbocycles. The number of fused-ring (bicyclic) bond motifs is 8. The molecule has 0 fully saturated rings. The van der Waals surface area contributed by atoms with Crippen molar-refractivity contribution in [1.82, 2.24) is 19.9 Å². The van der Waals surface area contributed by atoms with Crippen LogP contribution in [0.2, 0.25) is 0 Å². The molecule has 3 aromatic heterocycles. The summed E-state index contributed by atoms with van der Waals surface area (Å²) in [7, 11) is 0. The summed E-state index contributed by atoms with van der Waals surface area (Å²) in [5.74, 6) is 0. The van der Waals surface area contributed by atoms with E-state index in [0.29, 0.717) is 0 Å². The number of hydrogen-bond donors (Lipinski definition) is 2. The Morgan fingerprint density at radius 3 is 1.19 bits per heavy atom. The number of thioether (sulfide) groups is 1. The molecule has 2 aliphatic heterocycles. The quantitative estimate of drug-likeness (QED) is 0.133. The third kappa shape index (κ3) is 7.31. The van der Waals surface area contributed by atoms with Gasteiger partial charge in [0.1, 0.15) is 0 Å². The van der Waals surface area contributed by atoms with E-state index >= 15 is 0 Å². The lowest BCUT2D eigenvalue weighted by molar-refractivity contribution is -0.109. The van der Waals surface area contributed by atoms with E-state index in [-0.39, 0.29) is 5.12 Å². The minimum Gasteiger partial charge on any atom is -0.354 e. The average molecular weight is 899 g/mol. The van der Waals surface area contributed by atoms with Gasteiger partial charge < -0.3 is 9.97 Å². The summed E-state index contributed by atoms with van der Waals surface area (Å²) in [5, 5.41) is 0.0565. The highest BCUT2D eigenvalue weighted by molar-refractivity contribution is 14.1. The first-order valence-electron chi connectivity index (χ1n) is 19.8. The standard InChI is InChI=1S/C52H43IN4OS/c1-28-24-30(3)47(31(4)25-28)51-43-20-16-39(54-43)49(35-8-12-37(53)13-9-35)40-17-21-44(55-40)52(48-32(5)26-29(2)27-33(48)6)46-23-19-42(57-46)50(41-18-22-45(51)56-41)36-10-14-38(15-11-36)59-34(7)58/h8-27,54,57H,1-7H3. The average Bonchev–Trinajstić information content (AvgIpc) is 4.02. The summed E-state index contributed by atoms with van der Waals surface area (Å²) in [5.41, 5.74) is 23.1. The van der Waals surface area contributed by atoms with Crippen molar-refractivity contribution in [3.05, 3.63) is 157 Å². The third-order valence-electron chi connectivity index (χ3n) is 11.1.